The Kier molecular flexibility index (Phi) is 8.16. The average Bonchev–Trinajstić information content (AvgIpc) is 2.66. The van der Waals surface area contributed by atoms with Crippen molar-refractivity contribution in [3.63, 3.8) is 0 Å². The van der Waals surface area contributed by atoms with Crippen LogP contribution in [0, 0.1) is 5.92 Å². The number of allylic oxidation sites excluding steroid dienone is 1. The molecule has 0 spiro atoms. The quantitative estimate of drug-likeness (QED) is 0.360. The van der Waals surface area contributed by atoms with Gasteiger partial charge in [-0.25, -0.2) is 0 Å². The van der Waals surface area contributed by atoms with E-state index in [4.69, 9.17) is 0 Å². The van der Waals surface area contributed by atoms with Crippen molar-refractivity contribution in [2.45, 2.75) is 71.1 Å². The third-order valence-electron chi connectivity index (χ3n) is 5.52. The van der Waals surface area contributed by atoms with E-state index < -0.39 is 0 Å². The topological polar surface area (TPSA) is 0 Å². The van der Waals surface area contributed by atoms with Crippen LogP contribution in [0.3, 0.4) is 0 Å². The van der Waals surface area contributed by atoms with Crippen molar-refractivity contribution >= 4 is 5.57 Å². The van der Waals surface area contributed by atoms with Gasteiger partial charge in [-0.05, 0) is 40.9 Å². The largest absolute Gasteiger partial charge is 0.0952 e. The number of benzene rings is 2. The maximum atomic E-state index is 4.41. The summed E-state index contributed by atoms with van der Waals surface area (Å²) in [7, 11) is 0. The van der Waals surface area contributed by atoms with Crippen molar-refractivity contribution in [2.75, 3.05) is 0 Å². The lowest BCUT2D eigenvalue weighted by Crippen LogP contribution is -2.22. The fraction of sp³-hybridized carbons (Fsp3) is 0.462. The summed E-state index contributed by atoms with van der Waals surface area (Å²) in [5.41, 5.74) is 4.12. The minimum atomic E-state index is 0.159. The molecule has 0 aliphatic heterocycles. The Hall–Kier alpha value is -1.82. The average molecular weight is 349 g/mol. The van der Waals surface area contributed by atoms with Crippen LogP contribution in [0.1, 0.15) is 76.8 Å². The molecule has 140 valence electrons. The van der Waals surface area contributed by atoms with Crippen LogP contribution in [0.4, 0.5) is 0 Å². The maximum Gasteiger partial charge on any atom is -0.00349 e. The first kappa shape index (κ1) is 20.5. The summed E-state index contributed by atoms with van der Waals surface area (Å²) < 4.78 is 0. The molecular formula is C26H36. The Balaban J connectivity index is 2.00. The van der Waals surface area contributed by atoms with Gasteiger partial charge in [-0.1, -0.05) is 120 Å². The maximum absolute atomic E-state index is 4.41. The molecule has 0 fully saturated rings. The van der Waals surface area contributed by atoms with Crippen molar-refractivity contribution in [1.82, 2.24) is 0 Å². The first-order chi connectivity index (χ1) is 12.5. The molecule has 0 saturated heterocycles. The minimum Gasteiger partial charge on any atom is -0.0952 e. The smallest absolute Gasteiger partial charge is 0.00349 e. The van der Waals surface area contributed by atoms with E-state index in [2.05, 4.69) is 88.0 Å². The molecule has 0 saturated carbocycles. The zero-order valence-corrected chi connectivity index (χ0v) is 17.0. The molecule has 0 heteroatoms. The Morgan fingerprint density at radius 1 is 0.846 bits per heavy atom. The van der Waals surface area contributed by atoms with E-state index >= 15 is 0 Å². The van der Waals surface area contributed by atoms with E-state index in [1.165, 1.54) is 55.2 Å². The molecule has 0 N–H and O–H groups in total. The SMILES string of the molecule is C=C(CC(C)(CCCCCCC(C)C)c1ccccc1)c1ccccc1. The van der Waals surface area contributed by atoms with Crippen molar-refractivity contribution in [1.29, 1.82) is 0 Å². The van der Waals surface area contributed by atoms with Crippen molar-refractivity contribution in [3.05, 3.63) is 78.4 Å². The molecule has 0 aromatic heterocycles. The molecule has 0 radical (unpaired) electrons. The summed E-state index contributed by atoms with van der Waals surface area (Å²) in [6, 6.07) is 21.7. The first-order valence-corrected chi connectivity index (χ1v) is 10.3. The van der Waals surface area contributed by atoms with E-state index in [1.807, 2.05) is 0 Å². The van der Waals surface area contributed by atoms with Gasteiger partial charge in [-0.15, -0.1) is 0 Å². The van der Waals surface area contributed by atoms with E-state index in [9.17, 15) is 0 Å². The molecule has 2 rings (SSSR count). The first-order valence-electron chi connectivity index (χ1n) is 10.3. The second-order valence-corrected chi connectivity index (χ2v) is 8.42. The molecule has 1 unspecified atom stereocenters. The van der Waals surface area contributed by atoms with Crippen LogP contribution >= 0.6 is 0 Å². The molecule has 0 bridgehead atoms. The van der Waals surface area contributed by atoms with Gasteiger partial charge in [0.15, 0.2) is 0 Å². The van der Waals surface area contributed by atoms with Gasteiger partial charge in [0.25, 0.3) is 0 Å². The van der Waals surface area contributed by atoms with Crippen LogP contribution in [0.15, 0.2) is 67.2 Å². The lowest BCUT2D eigenvalue weighted by molar-refractivity contribution is 0.412. The molecule has 0 amide bonds. The fourth-order valence-electron chi connectivity index (χ4n) is 3.84. The van der Waals surface area contributed by atoms with Crippen LogP contribution in [-0.4, -0.2) is 0 Å². The Morgan fingerprint density at radius 2 is 1.42 bits per heavy atom. The van der Waals surface area contributed by atoms with Crippen molar-refractivity contribution < 1.29 is 0 Å². The number of hydrogen-bond donors (Lipinski definition) is 0. The van der Waals surface area contributed by atoms with Gasteiger partial charge < -0.3 is 0 Å². The van der Waals surface area contributed by atoms with Crippen LogP contribution in [-0.2, 0) is 5.41 Å². The fourth-order valence-corrected chi connectivity index (χ4v) is 3.84. The number of unbranched alkanes of at least 4 members (excludes halogenated alkanes) is 3. The number of rotatable bonds is 11. The minimum absolute atomic E-state index is 0.159. The van der Waals surface area contributed by atoms with Crippen molar-refractivity contribution in [2.24, 2.45) is 5.92 Å². The predicted molar refractivity (Wildman–Crippen MR) is 116 cm³/mol. The standard InChI is InChI=1S/C26H36/c1-22(2)15-9-5-6-14-20-26(4,25-18-12-8-13-19-25)21-23(3)24-16-10-7-11-17-24/h7-8,10-13,16-19,22H,3,5-6,9,14-15,20-21H2,1-2,4H3. The predicted octanol–water partition coefficient (Wildman–Crippen LogP) is 8.04. The summed E-state index contributed by atoms with van der Waals surface area (Å²) in [6.07, 6.45) is 8.98. The van der Waals surface area contributed by atoms with Gasteiger partial charge in [0.1, 0.15) is 0 Å². The van der Waals surface area contributed by atoms with E-state index in [0.717, 1.165) is 12.3 Å². The van der Waals surface area contributed by atoms with E-state index in [-0.39, 0.29) is 5.41 Å². The van der Waals surface area contributed by atoms with E-state index in [0.29, 0.717) is 0 Å². The zero-order chi connectivity index (χ0) is 18.8. The normalized spacial score (nSPS) is 13.5. The summed E-state index contributed by atoms with van der Waals surface area (Å²) in [6.45, 7) is 11.5. The van der Waals surface area contributed by atoms with Gasteiger partial charge in [0, 0.05) is 0 Å². The Labute approximate surface area is 161 Å². The third kappa shape index (κ3) is 6.48. The van der Waals surface area contributed by atoms with Crippen LogP contribution in [0.2, 0.25) is 0 Å². The molecule has 0 aliphatic rings. The highest BCUT2D eigenvalue weighted by molar-refractivity contribution is 5.64. The highest BCUT2D eigenvalue weighted by atomic mass is 14.3. The highest BCUT2D eigenvalue weighted by Gasteiger charge is 2.27. The lowest BCUT2D eigenvalue weighted by atomic mass is 9.73. The molecule has 26 heavy (non-hydrogen) atoms. The van der Waals surface area contributed by atoms with E-state index in [1.54, 1.807) is 0 Å². The number of hydrogen-bond acceptors (Lipinski definition) is 0. The summed E-state index contributed by atoms with van der Waals surface area (Å²) in [5, 5.41) is 0. The molecule has 2 aromatic carbocycles. The Morgan fingerprint density at radius 3 is 2.04 bits per heavy atom. The van der Waals surface area contributed by atoms with Gasteiger partial charge in [0.05, 0.1) is 0 Å². The highest BCUT2D eigenvalue weighted by Crippen LogP contribution is 2.38. The van der Waals surface area contributed by atoms with Gasteiger partial charge in [0.2, 0.25) is 0 Å². The van der Waals surface area contributed by atoms with Crippen LogP contribution in [0.5, 0.6) is 0 Å². The summed E-state index contributed by atoms with van der Waals surface area (Å²) in [5.74, 6) is 0.832. The van der Waals surface area contributed by atoms with Gasteiger partial charge >= 0.3 is 0 Å². The zero-order valence-electron chi connectivity index (χ0n) is 17.0. The summed E-state index contributed by atoms with van der Waals surface area (Å²) in [4.78, 5) is 0. The molecule has 0 heterocycles. The second-order valence-electron chi connectivity index (χ2n) is 8.42. The Bertz CT molecular complexity index is 638. The monoisotopic (exact) mass is 348 g/mol. The lowest BCUT2D eigenvalue weighted by Gasteiger charge is -2.31. The molecule has 0 nitrogen and oxygen atoms in total. The van der Waals surface area contributed by atoms with Gasteiger partial charge in [-0.2, -0.15) is 0 Å². The summed E-state index contributed by atoms with van der Waals surface area (Å²) >= 11 is 0. The molecule has 0 aliphatic carbocycles. The molecular weight excluding hydrogens is 312 g/mol. The molecule has 1 atom stereocenters. The van der Waals surface area contributed by atoms with Crippen LogP contribution < -0.4 is 0 Å². The van der Waals surface area contributed by atoms with Crippen LogP contribution in [0.25, 0.3) is 5.57 Å². The van der Waals surface area contributed by atoms with Gasteiger partial charge in [-0.3, -0.25) is 0 Å². The van der Waals surface area contributed by atoms with Crippen molar-refractivity contribution in [3.8, 4) is 0 Å². The third-order valence-corrected chi connectivity index (χ3v) is 5.52. The second kappa shape index (κ2) is 10.4. The molecule has 2 aromatic rings.